The zero-order valence-corrected chi connectivity index (χ0v) is 10.1. The summed E-state index contributed by atoms with van der Waals surface area (Å²) in [6.45, 7) is 0. The summed E-state index contributed by atoms with van der Waals surface area (Å²) in [7, 11) is 1.03. The molecule has 0 spiro atoms. The topological polar surface area (TPSA) is 80.7 Å². The number of methoxy groups -OCH3 is 1. The van der Waals surface area contributed by atoms with Gasteiger partial charge in [0.05, 0.1) is 7.11 Å². The van der Waals surface area contributed by atoms with E-state index in [0.717, 1.165) is 13.2 Å². The van der Waals surface area contributed by atoms with Gasteiger partial charge in [-0.3, -0.25) is 4.79 Å². The molecule has 0 unspecified atom stereocenters. The van der Waals surface area contributed by atoms with E-state index in [0.29, 0.717) is 5.02 Å². The van der Waals surface area contributed by atoms with Crippen molar-refractivity contribution in [1.29, 1.82) is 0 Å². The summed E-state index contributed by atoms with van der Waals surface area (Å²) in [6.07, 6.45) is 0.720. The number of hydrogen-bond acceptors (Lipinski definition) is 4. The molecule has 0 fully saturated rings. The molecule has 0 saturated carbocycles. The number of benzene rings is 1. The van der Waals surface area contributed by atoms with Crippen molar-refractivity contribution in [1.82, 2.24) is 0 Å². The van der Waals surface area contributed by atoms with Gasteiger partial charge in [-0.1, -0.05) is 11.6 Å². The lowest BCUT2D eigenvalue weighted by atomic mass is 10.1. The Morgan fingerprint density at radius 2 is 1.78 bits per heavy atom. The number of esters is 1. The van der Waals surface area contributed by atoms with Crippen LogP contribution in [0.2, 0.25) is 5.02 Å². The van der Waals surface area contributed by atoms with Gasteiger partial charge in [0.2, 0.25) is 0 Å². The Balaban J connectivity index is 3.05. The third-order valence-electron chi connectivity index (χ3n) is 2.04. The molecular weight excluding hydrogens is 260 g/mol. The lowest BCUT2D eigenvalue weighted by molar-refractivity contribution is -0.142. The Kier molecular flexibility index (Phi) is 4.62. The van der Waals surface area contributed by atoms with Crippen LogP contribution in [-0.4, -0.2) is 29.9 Å². The normalized spacial score (nSPS) is 10.9. The first kappa shape index (κ1) is 13.9. The Hall–Kier alpha value is -2.14. The van der Waals surface area contributed by atoms with E-state index in [1.807, 2.05) is 0 Å². The molecule has 0 bridgehead atoms. The number of allylic oxidation sites excluding steroid dienone is 1. The van der Waals surface area contributed by atoms with Crippen molar-refractivity contribution in [2.24, 2.45) is 0 Å². The Bertz CT molecular complexity index is 516. The second-order valence-electron chi connectivity index (χ2n) is 3.23. The van der Waals surface area contributed by atoms with Gasteiger partial charge in [0.15, 0.2) is 5.78 Å². The minimum atomic E-state index is -1.52. The van der Waals surface area contributed by atoms with Crippen LogP contribution in [0.5, 0.6) is 0 Å². The van der Waals surface area contributed by atoms with Crippen molar-refractivity contribution in [3.05, 3.63) is 46.5 Å². The van der Waals surface area contributed by atoms with Crippen LogP contribution >= 0.6 is 11.6 Å². The number of rotatable bonds is 4. The fraction of sp³-hybridized carbons (Fsp3) is 0.0833. The molecule has 1 aromatic rings. The van der Waals surface area contributed by atoms with Gasteiger partial charge in [-0.25, -0.2) is 9.59 Å². The van der Waals surface area contributed by atoms with E-state index < -0.39 is 23.3 Å². The molecule has 1 N–H and O–H groups in total. The summed E-state index contributed by atoms with van der Waals surface area (Å²) in [5, 5.41) is 9.22. The van der Waals surface area contributed by atoms with Gasteiger partial charge in [-0.2, -0.15) is 0 Å². The van der Waals surface area contributed by atoms with Gasteiger partial charge < -0.3 is 9.84 Å². The van der Waals surface area contributed by atoms with Gasteiger partial charge >= 0.3 is 11.9 Å². The van der Waals surface area contributed by atoms with Crippen LogP contribution in [0.25, 0.3) is 0 Å². The highest BCUT2D eigenvalue weighted by molar-refractivity contribution is 6.30. The number of aliphatic carboxylic acids is 1. The average Bonchev–Trinajstić information content (AvgIpc) is 2.35. The molecule has 0 heterocycles. The van der Waals surface area contributed by atoms with Crippen molar-refractivity contribution in [2.75, 3.05) is 7.11 Å². The molecule has 1 aromatic carbocycles. The summed E-state index contributed by atoms with van der Waals surface area (Å²) >= 11 is 5.65. The molecule has 0 atom stereocenters. The standard InChI is InChI=1S/C12H9ClO5/c1-18-12(17)9(11(15)16)6-10(14)7-2-4-8(13)5-3-7/h2-6H,1H3,(H,15,16). The second kappa shape index (κ2) is 5.97. The molecule has 0 aromatic heterocycles. The summed E-state index contributed by atoms with van der Waals surface area (Å²) in [6, 6.07) is 5.83. The summed E-state index contributed by atoms with van der Waals surface area (Å²) in [5.41, 5.74) is -0.500. The van der Waals surface area contributed by atoms with Crippen molar-refractivity contribution >= 4 is 29.3 Å². The first-order valence-electron chi connectivity index (χ1n) is 4.79. The van der Waals surface area contributed by atoms with E-state index in [-0.39, 0.29) is 5.56 Å². The zero-order chi connectivity index (χ0) is 13.7. The Morgan fingerprint density at radius 3 is 2.22 bits per heavy atom. The molecule has 0 aliphatic rings. The lowest BCUT2D eigenvalue weighted by Crippen LogP contribution is -2.15. The van der Waals surface area contributed by atoms with E-state index in [1.165, 1.54) is 24.3 Å². The van der Waals surface area contributed by atoms with Gasteiger partial charge in [0.1, 0.15) is 5.57 Å². The van der Waals surface area contributed by atoms with E-state index in [1.54, 1.807) is 0 Å². The third-order valence-corrected chi connectivity index (χ3v) is 2.29. The van der Waals surface area contributed by atoms with Crippen molar-refractivity contribution < 1.29 is 24.2 Å². The predicted octanol–water partition coefficient (Wildman–Crippen LogP) is 1.71. The molecule has 1 rings (SSSR count). The zero-order valence-electron chi connectivity index (χ0n) is 9.34. The minimum Gasteiger partial charge on any atom is -0.477 e. The number of carboxylic acids is 1. The number of halogens is 1. The smallest absolute Gasteiger partial charge is 0.345 e. The van der Waals surface area contributed by atoms with Crippen LogP contribution in [0.15, 0.2) is 35.9 Å². The summed E-state index contributed by atoms with van der Waals surface area (Å²) in [4.78, 5) is 33.6. The predicted molar refractivity (Wildman–Crippen MR) is 63.5 cm³/mol. The SMILES string of the molecule is COC(=O)C(=CC(=O)c1ccc(Cl)cc1)C(=O)O. The van der Waals surface area contributed by atoms with Crippen molar-refractivity contribution in [3.8, 4) is 0 Å². The van der Waals surface area contributed by atoms with Crippen LogP contribution in [0.1, 0.15) is 10.4 Å². The number of carboxylic acid groups (broad SMARTS) is 1. The van der Waals surface area contributed by atoms with Crippen molar-refractivity contribution in [2.45, 2.75) is 0 Å². The highest BCUT2D eigenvalue weighted by atomic mass is 35.5. The number of hydrogen-bond donors (Lipinski definition) is 1. The van der Waals surface area contributed by atoms with E-state index in [2.05, 4.69) is 4.74 Å². The molecule has 94 valence electrons. The number of ketones is 1. The first-order valence-corrected chi connectivity index (χ1v) is 5.16. The molecule has 18 heavy (non-hydrogen) atoms. The fourth-order valence-electron chi connectivity index (χ4n) is 1.15. The van der Waals surface area contributed by atoms with Crippen LogP contribution in [0.4, 0.5) is 0 Å². The highest BCUT2D eigenvalue weighted by Crippen LogP contribution is 2.11. The van der Waals surface area contributed by atoms with Crippen LogP contribution in [-0.2, 0) is 14.3 Å². The molecular formula is C12H9ClO5. The average molecular weight is 269 g/mol. The quantitative estimate of drug-likeness (QED) is 0.296. The first-order chi connectivity index (χ1) is 8.45. The molecule has 0 amide bonds. The summed E-state index contributed by atoms with van der Waals surface area (Å²) < 4.78 is 4.27. The van der Waals surface area contributed by atoms with Crippen LogP contribution < -0.4 is 0 Å². The third kappa shape index (κ3) is 3.43. The molecule has 0 saturated heterocycles. The Labute approximate surface area is 108 Å². The van der Waals surface area contributed by atoms with E-state index in [4.69, 9.17) is 16.7 Å². The van der Waals surface area contributed by atoms with Gasteiger partial charge in [0, 0.05) is 16.7 Å². The second-order valence-corrected chi connectivity index (χ2v) is 3.66. The number of ether oxygens (including phenoxy) is 1. The molecule has 0 aliphatic heterocycles. The highest BCUT2D eigenvalue weighted by Gasteiger charge is 2.19. The van der Waals surface area contributed by atoms with Gasteiger partial charge in [-0.15, -0.1) is 0 Å². The fourth-order valence-corrected chi connectivity index (χ4v) is 1.27. The van der Waals surface area contributed by atoms with Gasteiger partial charge in [-0.05, 0) is 24.3 Å². The molecule has 5 nitrogen and oxygen atoms in total. The molecule has 0 radical (unpaired) electrons. The van der Waals surface area contributed by atoms with Crippen molar-refractivity contribution in [3.63, 3.8) is 0 Å². The van der Waals surface area contributed by atoms with E-state index >= 15 is 0 Å². The largest absolute Gasteiger partial charge is 0.477 e. The number of carbonyl (C=O) groups is 3. The maximum Gasteiger partial charge on any atom is 0.345 e. The Morgan fingerprint density at radius 1 is 1.22 bits per heavy atom. The summed E-state index contributed by atoms with van der Waals surface area (Å²) in [5.74, 6) is -3.22. The minimum absolute atomic E-state index is 0.224. The molecule has 0 aliphatic carbocycles. The maximum atomic E-state index is 11.7. The monoisotopic (exact) mass is 268 g/mol. The van der Waals surface area contributed by atoms with Gasteiger partial charge in [0.25, 0.3) is 0 Å². The number of carbonyl (C=O) groups excluding carboxylic acids is 2. The van der Waals surface area contributed by atoms with E-state index in [9.17, 15) is 14.4 Å². The molecule has 6 heteroatoms. The van der Waals surface area contributed by atoms with Crippen LogP contribution in [0.3, 0.4) is 0 Å². The lowest BCUT2D eigenvalue weighted by Gasteiger charge is -2.00. The maximum absolute atomic E-state index is 11.7. The van der Waals surface area contributed by atoms with Crippen LogP contribution in [0, 0.1) is 0 Å².